The Balaban J connectivity index is 1.38. The average Bonchev–Trinajstić information content (AvgIpc) is 3.34. The molecule has 0 aliphatic heterocycles. The fraction of sp³-hybridized carbons (Fsp3) is 0.300. The number of carbonyl (C=O) groups is 1. The van der Waals surface area contributed by atoms with Gasteiger partial charge in [-0.25, -0.2) is 14.8 Å². The zero-order chi connectivity index (χ0) is 18.9. The van der Waals surface area contributed by atoms with Crippen molar-refractivity contribution in [3.63, 3.8) is 0 Å². The van der Waals surface area contributed by atoms with Crippen LogP contribution in [-0.4, -0.2) is 32.0 Å². The van der Waals surface area contributed by atoms with Gasteiger partial charge in [-0.05, 0) is 37.5 Å². The number of rotatable bonds is 6. The monoisotopic (exact) mass is 363 g/mol. The van der Waals surface area contributed by atoms with Crippen LogP contribution >= 0.6 is 0 Å². The van der Waals surface area contributed by atoms with E-state index in [1.54, 1.807) is 18.3 Å². The second-order valence-corrected chi connectivity index (χ2v) is 7.17. The first-order chi connectivity index (χ1) is 13.0. The minimum absolute atomic E-state index is 0.0743. The average molecular weight is 363 g/mol. The number of aromatic nitrogens is 4. The smallest absolute Gasteiger partial charge is 0.344 e. The predicted molar refractivity (Wildman–Crippen MR) is 101 cm³/mol. The summed E-state index contributed by atoms with van der Waals surface area (Å²) >= 11 is 0. The van der Waals surface area contributed by atoms with Crippen molar-refractivity contribution in [3.8, 4) is 11.1 Å². The Kier molecular flexibility index (Phi) is 4.35. The van der Waals surface area contributed by atoms with Gasteiger partial charge in [-0.2, -0.15) is 0 Å². The van der Waals surface area contributed by atoms with Gasteiger partial charge in [-0.1, -0.05) is 12.1 Å². The summed E-state index contributed by atoms with van der Waals surface area (Å²) in [5.74, 6) is 0.926. The molecule has 1 aliphatic rings. The molecule has 138 valence electrons. The third kappa shape index (κ3) is 3.81. The molecular formula is C20H21N5O2. The van der Waals surface area contributed by atoms with Gasteiger partial charge in [0.25, 0.3) is 5.91 Å². The number of hydrogen-bond donors (Lipinski definition) is 2. The summed E-state index contributed by atoms with van der Waals surface area (Å²) in [6, 6.07) is 7.28. The van der Waals surface area contributed by atoms with Crippen LogP contribution in [-0.2, 0) is 6.54 Å². The van der Waals surface area contributed by atoms with E-state index in [1.807, 2.05) is 31.5 Å². The minimum atomic E-state index is -0.380. The van der Waals surface area contributed by atoms with E-state index in [9.17, 15) is 9.59 Å². The van der Waals surface area contributed by atoms with E-state index in [0.717, 1.165) is 36.3 Å². The summed E-state index contributed by atoms with van der Waals surface area (Å²) in [7, 11) is 0. The second kappa shape index (κ2) is 6.83. The van der Waals surface area contributed by atoms with E-state index in [-0.39, 0.29) is 17.0 Å². The van der Waals surface area contributed by atoms with Gasteiger partial charge in [0.05, 0.1) is 0 Å². The molecule has 2 heterocycles. The Morgan fingerprint density at radius 1 is 1.22 bits per heavy atom. The molecular weight excluding hydrogens is 342 g/mol. The summed E-state index contributed by atoms with van der Waals surface area (Å²) in [4.78, 5) is 34.1. The number of aryl methyl sites for hydroxylation is 1. The Morgan fingerprint density at radius 2 is 2.00 bits per heavy atom. The maximum atomic E-state index is 12.5. The molecule has 0 unspecified atom stereocenters. The van der Waals surface area contributed by atoms with Gasteiger partial charge in [0.1, 0.15) is 5.82 Å². The van der Waals surface area contributed by atoms with Crippen LogP contribution in [0.5, 0.6) is 0 Å². The normalized spacial score (nSPS) is 14.7. The number of H-pyrrole nitrogens is 1. The Labute approximate surface area is 156 Å². The van der Waals surface area contributed by atoms with Gasteiger partial charge in [-0.3, -0.25) is 4.79 Å². The molecule has 1 amide bonds. The summed E-state index contributed by atoms with van der Waals surface area (Å²) in [5, 5.41) is 3.07. The molecule has 1 saturated carbocycles. The number of amides is 1. The van der Waals surface area contributed by atoms with E-state index >= 15 is 0 Å². The molecule has 0 radical (unpaired) electrons. The van der Waals surface area contributed by atoms with Crippen LogP contribution in [0.1, 0.15) is 29.0 Å². The fourth-order valence-corrected chi connectivity index (χ4v) is 3.18. The summed E-state index contributed by atoms with van der Waals surface area (Å²) in [5.41, 5.74) is 2.07. The zero-order valence-electron chi connectivity index (χ0n) is 15.1. The number of carbonyl (C=O) groups excluding carboxylic acids is 1. The SMILES string of the molecule is Cc1nccn1CC1(CNC(=O)c2ccc(-c3cnc(=O)[nH]c3)cc2)CC1. The zero-order valence-corrected chi connectivity index (χ0v) is 15.1. The number of nitrogens with zero attached hydrogens (tertiary/aromatic N) is 3. The van der Waals surface area contributed by atoms with E-state index in [4.69, 9.17) is 0 Å². The van der Waals surface area contributed by atoms with Crippen molar-refractivity contribution >= 4 is 5.91 Å². The van der Waals surface area contributed by atoms with Crippen molar-refractivity contribution in [1.82, 2.24) is 24.8 Å². The summed E-state index contributed by atoms with van der Waals surface area (Å²) < 4.78 is 2.15. The Hall–Kier alpha value is -3.22. The predicted octanol–water partition coefficient (Wildman–Crippen LogP) is 2.15. The second-order valence-electron chi connectivity index (χ2n) is 7.17. The lowest BCUT2D eigenvalue weighted by Gasteiger charge is -2.17. The molecule has 0 saturated heterocycles. The quantitative estimate of drug-likeness (QED) is 0.702. The maximum Gasteiger partial charge on any atom is 0.344 e. The van der Waals surface area contributed by atoms with Crippen LogP contribution < -0.4 is 11.0 Å². The van der Waals surface area contributed by atoms with Crippen molar-refractivity contribution in [3.05, 3.63) is 70.9 Å². The lowest BCUT2D eigenvalue weighted by molar-refractivity contribution is 0.0943. The van der Waals surface area contributed by atoms with Crippen LogP contribution in [0, 0.1) is 12.3 Å². The maximum absolute atomic E-state index is 12.5. The molecule has 0 atom stereocenters. The van der Waals surface area contributed by atoms with Crippen LogP contribution in [0.25, 0.3) is 11.1 Å². The molecule has 7 nitrogen and oxygen atoms in total. The highest BCUT2D eigenvalue weighted by atomic mass is 16.1. The molecule has 27 heavy (non-hydrogen) atoms. The molecule has 7 heteroatoms. The lowest BCUT2D eigenvalue weighted by atomic mass is 10.1. The first kappa shape index (κ1) is 17.2. The first-order valence-electron chi connectivity index (χ1n) is 8.96. The third-order valence-electron chi connectivity index (χ3n) is 5.16. The number of hydrogen-bond acceptors (Lipinski definition) is 4. The van der Waals surface area contributed by atoms with Crippen LogP contribution in [0.4, 0.5) is 0 Å². The van der Waals surface area contributed by atoms with Crippen molar-refractivity contribution in [2.45, 2.75) is 26.3 Å². The molecule has 4 rings (SSSR count). The first-order valence-corrected chi connectivity index (χ1v) is 8.96. The Morgan fingerprint density at radius 3 is 2.59 bits per heavy atom. The van der Waals surface area contributed by atoms with Crippen LogP contribution in [0.15, 0.2) is 53.8 Å². The molecule has 2 N–H and O–H groups in total. The third-order valence-corrected chi connectivity index (χ3v) is 5.16. The van der Waals surface area contributed by atoms with Crippen LogP contribution in [0.3, 0.4) is 0 Å². The molecule has 2 aromatic heterocycles. The van der Waals surface area contributed by atoms with Crippen LogP contribution in [0.2, 0.25) is 0 Å². The highest BCUT2D eigenvalue weighted by Gasteiger charge is 2.43. The van der Waals surface area contributed by atoms with E-state index in [2.05, 4.69) is 24.8 Å². The summed E-state index contributed by atoms with van der Waals surface area (Å²) in [6.07, 6.45) is 9.15. The molecule has 3 aromatic rings. The standard InChI is InChI=1S/C20H21N5O2/c1-14-21-8-9-25(14)13-20(6-7-20)12-24-18(26)16-4-2-15(3-5-16)17-10-22-19(27)23-11-17/h2-5,8-11H,6-7,12-13H2,1H3,(H,24,26)(H,22,23,27). The van der Waals surface area contributed by atoms with E-state index < -0.39 is 0 Å². The summed E-state index contributed by atoms with van der Waals surface area (Å²) in [6.45, 7) is 3.54. The molecule has 1 fully saturated rings. The fourth-order valence-electron chi connectivity index (χ4n) is 3.18. The number of nitrogens with one attached hydrogen (secondary N) is 2. The van der Waals surface area contributed by atoms with E-state index in [1.165, 1.54) is 6.20 Å². The van der Waals surface area contributed by atoms with Crippen molar-refractivity contribution in [1.29, 1.82) is 0 Å². The largest absolute Gasteiger partial charge is 0.351 e. The topological polar surface area (TPSA) is 92.7 Å². The Bertz CT molecular complexity index is 995. The van der Waals surface area contributed by atoms with Gasteiger partial charge < -0.3 is 14.9 Å². The lowest BCUT2D eigenvalue weighted by Crippen LogP contribution is -2.32. The van der Waals surface area contributed by atoms with E-state index in [0.29, 0.717) is 12.1 Å². The number of imidazole rings is 1. The molecule has 1 aromatic carbocycles. The van der Waals surface area contributed by atoms with Crippen molar-refractivity contribution in [2.75, 3.05) is 6.54 Å². The van der Waals surface area contributed by atoms with Gasteiger partial charge in [0, 0.05) is 54.4 Å². The number of benzene rings is 1. The van der Waals surface area contributed by atoms with Crippen molar-refractivity contribution in [2.24, 2.45) is 5.41 Å². The molecule has 0 bridgehead atoms. The molecule has 1 aliphatic carbocycles. The minimum Gasteiger partial charge on any atom is -0.351 e. The molecule has 0 spiro atoms. The highest BCUT2D eigenvalue weighted by Crippen LogP contribution is 2.46. The highest BCUT2D eigenvalue weighted by molar-refractivity contribution is 5.94. The van der Waals surface area contributed by atoms with Gasteiger partial charge in [0.2, 0.25) is 0 Å². The van der Waals surface area contributed by atoms with Gasteiger partial charge >= 0.3 is 5.69 Å². The number of aromatic amines is 1. The van der Waals surface area contributed by atoms with Gasteiger partial charge in [0.15, 0.2) is 0 Å². The van der Waals surface area contributed by atoms with Gasteiger partial charge in [-0.15, -0.1) is 0 Å². The van der Waals surface area contributed by atoms with Crippen molar-refractivity contribution < 1.29 is 4.79 Å².